The second kappa shape index (κ2) is 7.16. The molecule has 0 spiro atoms. The lowest BCUT2D eigenvalue weighted by molar-refractivity contribution is 0.802. The van der Waals surface area contributed by atoms with E-state index in [1.165, 1.54) is 16.8 Å². The Morgan fingerprint density at radius 3 is 2.58 bits per heavy atom. The smallest absolute Gasteiger partial charge is 0.138 e. The van der Waals surface area contributed by atoms with Gasteiger partial charge in [0.05, 0.1) is 0 Å². The minimum absolute atomic E-state index is 0.813. The standard InChI is InChI=1S/C22H24N4/c1-3-25(16-18-9-5-4-6-10-18)21-15-22(24-17(2)23-21)26-14-13-19-11-7-8-12-20(19)26/h4-12,15H,3,13-14,16H2,1-2H3. The molecule has 1 aliphatic heterocycles. The second-order valence-corrected chi connectivity index (χ2v) is 6.66. The van der Waals surface area contributed by atoms with Crippen LogP contribution in [0.15, 0.2) is 60.7 Å². The van der Waals surface area contributed by atoms with E-state index in [1.54, 1.807) is 0 Å². The number of anilines is 3. The normalized spacial score (nSPS) is 12.9. The van der Waals surface area contributed by atoms with Crippen LogP contribution in [0.25, 0.3) is 0 Å². The average molecular weight is 344 g/mol. The third kappa shape index (κ3) is 3.27. The van der Waals surface area contributed by atoms with Gasteiger partial charge < -0.3 is 9.80 Å². The van der Waals surface area contributed by atoms with Crippen LogP contribution < -0.4 is 9.80 Å². The highest BCUT2D eigenvalue weighted by Gasteiger charge is 2.22. The molecule has 4 rings (SSSR count). The van der Waals surface area contributed by atoms with Crippen LogP contribution in [-0.2, 0) is 13.0 Å². The van der Waals surface area contributed by atoms with E-state index in [-0.39, 0.29) is 0 Å². The number of hydrogen-bond acceptors (Lipinski definition) is 4. The fourth-order valence-electron chi connectivity index (χ4n) is 3.57. The molecule has 26 heavy (non-hydrogen) atoms. The van der Waals surface area contributed by atoms with Crippen LogP contribution in [0.4, 0.5) is 17.3 Å². The lowest BCUT2D eigenvalue weighted by Gasteiger charge is -2.25. The number of para-hydroxylation sites is 1. The molecule has 0 unspecified atom stereocenters. The maximum absolute atomic E-state index is 4.73. The van der Waals surface area contributed by atoms with Crippen molar-refractivity contribution in [3.8, 4) is 0 Å². The fourth-order valence-corrected chi connectivity index (χ4v) is 3.57. The van der Waals surface area contributed by atoms with Gasteiger partial charge in [0.1, 0.15) is 17.5 Å². The Hall–Kier alpha value is -2.88. The molecule has 0 amide bonds. The van der Waals surface area contributed by atoms with Gasteiger partial charge in [-0.2, -0.15) is 0 Å². The number of nitrogens with zero attached hydrogens (tertiary/aromatic N) is 4. The van der Waals surface area contributed by atoms with Crippen molar-refractivity contribution in [3.63, 3.8) is 0 Å². The molecular formula is C22H24N4. The predicted molar refractivity (Wildman–Crippen MR) is 107 cm³/mol. The van der Waals surface area contributed by atoms with E-state index in [1.807, 2.05) is 6.92 Å². The van der Waals surface area contributed by atoms with Crippen molar-refractivity contribution < 1.29 is 0 Å². The maximum atomic E-state index is 4.73. The van der Waals surface area contributed by atoms with Gasteiger partial charge in [-0.15, -0.1) is 0 Å². The molecule has 0 saturated heterocycles. The Kier molecular flexibility index (Phi) is 4.57. The molecule has 0 saturated carbocycles. The first-order valence-corrected chi connectivity index (χ1v) is 9.24. The van der Waals surface area contributed by atoms with Gasteiger partial charge in [-0.3, -0.25) is 0 Å². The first kappa shape index (κ1) is 16.6. The summed E-state index contributed by atoms with van der Waals surface area (Å²) in [5.41, 5.74) is 3.95. The molecule has 0 radical (unpaired) electrons. The Labute approximate surface area is 155 Å². The third-order valence-electron chi connectivity index (χ3n) is 4.90. The van der Waals surface area contributed by atoms with Crippen LogP contribution in [0.2, 0.25) is 0 Å². The Balaban J connectivity index is 1.66. The van der Waals surface area contributed by atoms with Crippen LogP contribution in [0.1, 0.15) is 23.9 Å². The average Bonchev–Trinajstić information content (AvgIpc) is 3.10. The monoisotopic (exact) mass is 344 g/mol. The third-order valence-corrected chi connectivity index (χ3v) is 4.90. The molecule has 0 atom stereocenters. The van der Waals surface area contributed by atoms with Crippen molar-refractivity contribution in [3.05, 3.63) is 77.6 Å². The SMILES string of the molecule is CCN(Cc1ccccc1)c1cc(N2CCc3ccccc32)nc(C)n1. The summed E-state index contributed by atoms with van der Waals surface area (Å²) >= 11 is 0. The molecule has 0 aliphatic carbocycles. The maximum Gasteiger partial charge on any atom is 0.138 e. The molecule has 132 valence electrons. The van der Waals surface area contributed by atoms with E-state index in [2.05, 4.69) is 77.4 Å². The van der Waals surface area contributed by atoms with Gasteiger partial charge >= 0.3 is 0 Å². The molecular weight excluding hydrogens is 320 g/mol. The quantitative estimate of drug-likeness (QED) is 0.682. The van der Waals surface area contributed by atoms with Crippen LogP contribution in [-0.4, -0.2) is 23.1 Å². The van der Waals surface area contributed by atoms with Crippen molar-refractivity contribution >= 4 is 17.3 Å². The molecule has 3 aromatic rings. The predicted octanol–water partition coefficient (Wildman–Crippen LogP) is 4.51. The van der Waals surface area contributed by atoms with E-state index < -0.39 is 0 Å². The molecule has 0 bridgehead atoms. The first-order chi connectivity index (χ1) is 12.7. The summed E-state index contributed by atoms with van der Waals surface area (Å²) in [7, 11) is 0. The summed E-state index contributed by atoms with van der Waals surface area (Å²) in [6.45, 7) is 6.88. The van der Waals surface area contributed by atoms with E-state index in [0.29, 0.717) is 0 Å². The minimum atomic E-state index is 0.813. The van der Waals surface area contributed by atoms with Crippen LogP contribution in [0.5, 0.6) is 0 Å². The van der Waals surface area contributed by atoms with Crippen LogP contribution in [0, 0.1) is 6.92 Å². The van der Waals surface area contributed by atoms with Gasteiger partial charge in [0, 0.05) is 31.4 Å². The van der Waals surface area contributed by atoms with Crippen LogP contribution >= 0.6 is 0 Å². The van der Waals surface area contributed by atoms with Crippen molar-refractivity contribution in [1.29, 1.82) is 0 Å². The number of benzene rings is 2. The van der Waals surface area contributed by atoms with E-state index in [4.69, 9.17) is 9.97 Å². The highest BCUT2D eigenvalue weighted by Crippen LogP contribution is 2.34. The molecule has 4 nitrogen and oxygen atoms in total. The summed E-state index contributed by atoms with van der Waals surface area (Å²) in [5, 5.41) is 0. The van der Waals surface area contributed by atoms with Crippen molar-refractivity contribution in [2.24, 2.45) is 0 Å². The molecule has 1 aromatic heterocycles. The van der Waals surface area contributed by atoms with Gasteiger partial charge in [-0.25, -0.2) is 9.97 Å². The van der Waals surface area contributed by atoms with Gasteiger partial charge in [0.15, 0.2) is 0 Å². The summed E-state index contributed by atoms with van der Waals surface area (Å²) in [6, 6.07) is 21.3. The second-order valence-electron chi connectivity index (χ2n) is 6.66. The van der Waals surface area contributed by atoms with Crippen LogP contribution in [0.3, 0.4) is 0 Å². The highest BCUT2D eigenvalue weighted by atomic mass is 15.2. The van der Waals surface area contributed by atoms with E-state index >= 15 is 0 Å². The number of aromatic nitrogens is 2. The zero-order chi connectivity index (χ0) is 17.9. The van der Waals surface area contributed by atoms with Crippen molar-refractivity contribution in [2.75, 3.05) is 22.9 Å². The molecule has 0 fully saturated rings. The number of aryl methyl sites for hydroxylation is 1. The number of rotatable bonds is 5. The van der Waals surface area contributed by atoms with Gasteiger partial charge in [0.25, 0.3) is 0 Å². The zero-order valence-electron chi connectivity index (χ0n) is 15.4. The van der Waals surface area contributed by atoms with Gasteiger partial charge in [0.2, 0.25) is 0 Å². The Morgan fingerprint density at radius 1 is 1.00 bits per heavy atom. The van der Waals surface area contributed by atoms with Crippen molar-refractivity contribution in [2.45, 2.75) is 26.8 Å². The Bertz CT molecular complexity index is 892. The summed E-state index contributed by atoms with van der Waals surface area (Å²) < 4.78 is 0. The molecule has 1 aliphatic rings. The van der Waals surface area contributed by atoms with Crippen molar-refractivity contribution in [1.82, 2.24) is 9.97 Å². The highest BCUT2D eigenvalue weighted by molar-refractivity contribution is 5.69. The largest absolute Gasteiger partial charge is 0.352 e. The minimum Gasteiger partial charge on any atom is -0.352 e. The van der Waals surface area contributed by atoms with E-state index in [0.717, 1.165) is 43.5 Å². The molecule has 4 heteroatoms. The summed E-state index contributed by atoms with van der Waals surface area (Å²) in [4.78, 5) is 14.1. The molecule has 0 N–H and O–H groups in total. The Morgan fingerprint density at radius 2 is 1.77 bits per heavy atom. The zero-order valence-corrected chi connectivity index (χ0v) is 15.4. The fraction of sp³-hybridized carbons (Fsp3) is 0.273. The van der Waals surface area contributed by atoms with Gasteiger partial charge in [-0.05, 0) is 37.5 Å². The van der Waals surface area contributed by atoms with Gasteiger partial charge in [-0.1, -0.05) is 48.5 Å². The summed E-state index contributed by atoms with van der Waals surface area (Å²) in [5.74, 6) is 2.79. The lowest BCUT2D eigenvalue weighted by Crippen LogP contribution is -2.24. The lowest BCUT2D eigenvalue weighted by atomic mass is 10.2. The van der Waals surface area contributed by atoms with E-state index in [9.17, 15) is 0 Å². The first-order valence-electron chi connectivity index (χ1n) is 9.24. The number of fused-ring (bicyclic) bond motifs is 1. The summed E-state index contributed by atoms with van der Waals surface area (Å²) in [6.07, 6.45) is 1.07. The topological polar surface area (TPSA) is 32.3 Å². The molecule has 2 heterocycles. The molecule has 2 aromatic carbocycles. The number of hydrogen-bond donors (Lipinski definition) is 0.